The molecule has 6 heteroatoms. The van der Waals surface area contributed by atoms with Crippen molar-refractivity contribution in [2.24, 2.45) is 0 Å². The summed E-state index contributed by atoms with van der Waals surface area (Å²) >= 11 is 0. The highest BCUT2D eigenvalue weighted by atomic mass is 19.1. The number of halogens is 1. The highest BCUT2D eigenvalue weighted by Crippen LogP contribution is 2.20. The van der Waals surface area contributed by atoms with Crippen LogP contribution in [-0.2, 0) is 22.6 Å². The summed E-state index contributed by atoms with van der Waals surface area (Å²) < 4.78 is 20.5. The Morgan fingerprint density at radius 1 is 0.944 bits per heavy atom. The number of rotatable bonds is 9. The summed E-state index contributed by atoms with van der Waals surface area (Å²) in [4.78, 5) is 28.5. The topological polar surface area (TPSA) is 58.6 Å². The average Bonchev–Trinajstić information content (AvgIpc) is 2.82. The smallest absolute Gasteiger partial charge is 0.261 e. The lowest BCUT2D eigenvalue weighted by molar-refractivity contribution is -0.143. The third-order valence-electron chi connectivity index (χ3n) is 5.91. The van der Waals surface area contributed by atoms with E-state index in [0.717, 1.165) is 16.7 Å². The van der Waals surface area contributed by atoms with Crippen LogP contribution in [0.1, 0.15) is 43.0 Å². The molecule has 0 aromatic heterocycles. The first-order chi connectivity index (χ1) is 17.0. The number of hydrogen-bond donors (Lipinski definition) is 1. The van der Waals surface area contributed by atoms with Crippen LogP contribution in [0.5, 0.6) is 5.75 Å². The summed E-state index contributed by atoms with van der Waals surface area (Å²) in [5.74, 6) is -0.570. The largest absolute Gasteiger partial charge is 0.484 e. The van der Waals surface area contributed by atoms with Crippen LogP contribution in [-0.4, -0.2) is 34.9 Å². The van der Waals surface area contributed by atoms with Gasteiger partial charge in [0.05, 0.1) is 0 Å². The first-order valence-electron chi connectivity index (χ1n) is 12.1. The number of nitrogens with one attached hydrogen (secondary N) is 1. The molecule has 3 rings (SSSR count). The minimum Gasteiger partial charge on any atom is -0.484 e. The third kappa shape index (κ3) is 7.67. The first-order valence-corrected chi connectivity index (χ1v) is 12.1. The van der Waals surface area contributed by atoms with E-state index in [2.05, 4.69) is 5.32 Å². The molecular weight excluding hydrogens is 455 g/mol. The predicted octanol–water partition coefficient (Wildman–Crippen LogP) is 5.38. The molecule has 0 bridgehead atoms. The zero-order valence-corrected chi connectivity index (χ0v) is 21.7. The molecule has 2 amide bonds. The van der Waals surface area contributed by atoms with Gasteiger partial charge >= 0.3 is 0 Å². The van der Waals surface area contributed by atoms with Crippen LogP contribution in [0.15, 0.2) is 72.8 Å². The number of carbonyl (C=O) groups is 2. The Morgan fingerprint density at radius 3 is 2.25 bits per heavy atom. The summed E-state index contributed by atoms with van der Waals surface area (Å²) in [6, 6.07) is 20.5. The average molecular weight is 491 g/mol. The maximum Gasteiger partial charge on any atom is 0.261 e. The summed E-state index contributed by atoms with van der Waals surface area (Å²) in [5, 5.41) is 3.00. The highest BCUT2D eigenvalue weighted by molar-refractivity contribution is 5.89. The van der Waals surface area contributed by atoms with Gasteiger partial charge in [-0.15, -0.1) is 0 Å². The number of ether oxygens (including phenoxy) is 1. The Bertz CT molecular complexity index is 1190. The van der Waals surface area contributed by atoms with Crippen molar-refractivity contribution in [3.05, 3.63) is 101 Å². The lowest BCUT2D eigenvalue weighted by Gasteiger charge is -2.33. The van der Waals surface area contributed by atoms with E-state index < -0.39 is 23.3 Å². The summed E-state index contributed by atoms with van der Waals surface area (Å²) in [5.41, 5.74) is 2.90. The molecule has 0 aliphatic carbocycles. The standard InChI is InChI=1S/C30H35FN2O3/c1-21-15-16-25(17-22(21)2)36-20-28(34)33(19-24-13-9-10-14-26(24)31)27(29(35)32-30(3,4)5)18-23-11-7-6-8-12-23/h6-17,27H,18-20H2,1-5H3,(H,32,35)/t27-/m1/s1. The van der Waals surface area contributed by atoms with Crippen LogP contribution in [0.2, 0.25) is 0 Å². The Morgan fingerprint density at radius 2 is 1.61 bits per heavy atom. The molecule has 1 atom stereocenters. The molecule has 0 radical (unpaired) electrons. The first kappa shape index (κ1) is 26.9. The van der Waals surface area contributed by atoms with Gasteiger partial charge < -0.3 is 15.0 Å². The molecular formula is C30H35FN2O3. The lowest BCUT2D eigenvalue weighted by atomic mass is 10.0. The highest BCUT2D eigenvalue weighted by Gasteiger charge is 2.33. The van der Waals surface area contributed by atoms with Crippen LogP contribution in [0, 0.1) is 19.7 Å². The van der Waals surface area contributed by atoms with Crippen molar-refractivity contribution in [3.8, 4) is 5.75 Å². The fourth-order valence-electron chi connectivity index (χ4n) is 3.85. The molecule has 36 heavy (non-hydrogen) atoms. The van der Waals surface area contributed by atoms with E-state index in [1.807, 2.05) is 83.1 Å². The molecule has 0 spiro atoms. The molecule has 0 saturated carbocycles. The molecule has 0 aliphatic rings. The van der Waals surface area contributed by atoms with Gasteiger partial charge in [-0.05, 0) is 69.5 Å². The van der Waals surface area contributed by atoms with Crippen LogP contribution in [0.25, 0.3) is 0 Å². The predicted molar refractivity (Wildman–Crippen MR) is 140 cm³/mol. The quantitative estimate of drug-likeness (QED) is 0.438. The molecule has 1 N–H and O–H groups in total. The van der Waals surface area contributed by atoms with Gasteiger partial charge in [-0.25, -0.2) is 4.39 Å². The van der Waals surface area contributed by atoms with Gasteiger partial charge in [0.15, 0.2) is 6.61 Å². The third-order valence-corrected chi connectivity index (χ3v) is 5.91. The van der Waals surface area contributed by atoms with Gasteiger partial charge in [-0.2, -0.15) is 0 Å². The Kier molecular flexibility index (Phi) is 8.86. The van der Waals surface area contributed by atoms with Crippen LogP contribution >= 0.6 is 0 Å². The van der Waals surface area contributed by atoms with E-state index in [4.69, 9.17) is 4.74 Å². The number of hydrogen-bond acceptors (Lipinski definition) is 3. The minimum absolute atomic E-state index is 0.0587. The van der Waals surface area contributed by atoms with Crippen molar-refractivity contribution in [2.45, 2.75) is 59.2 Å². The maximum atomic E-state index is 14.6. The Hall–Kier alpha value is -3.67. The monoisotopic (exact) mass is 490 g/mol. The lowest BCUT2D eigenvalue weighted by Crippen LogP contribution is -2.55. The van der Waals surface area contributed by atoms with E-state index in [0.29, 0.717) is 11.3 Å². The molecule has 0 aliphatic heterocycles. The number of benzene rings is 3. The van der Waals surface area contributed by atoms with Crippen molar-refractivity contribution in [2.75, 3.05) is 6.61 Å². The summed E-state index contributed by atoms with van der Waals surface area (Å²) in [6.07, 6.45) is 0.284. The van der Waals surface area contributed by atoms with Crippen molar-refractivity contribution in [1.82, 2.24) is 10.2 Å². The van der Waals surface area contributed by atoms with Gasteiger partial charge in [0.25, 0.3) is 5.91 Å². The molecule has 190 valence electrons. The zero-order chi connectivity index (χ0) is 26.3. The van der Waals surface area contributed by atoms with Gasteiger partial charge in [0, 0.05) is 24.1 Å². The zero-order valence-electron chi connectivity index (χ0n) is 21.7. The normalized spacial score (nSPS) is 12.1. The molecule has 0 saturated heterocycles. The number of amides is 2. The van der Waals surface area contributed by atoms with E-state index in [1.54, 1.807) is 18.2 Å². The van der Waals surface area contributed by atoms with Crippen LogP contribution in [0.4, 0.5) is 4.39 Å². The Balaban J connectivity index is 1.94. The van der Waals surface area contributed by atoms with Gasteiger partial charge in [0.2, 0.25) is 5.91 Å². The molecule has 3 aromatic carbocycles. The van der Waals surface area contributed by atoms with E-state index in [9.17, 15) is 14.0 Å². The van der Waals surface area contributed by atoms with Gasteiger partial charge in [-0.1, -0.05) is 54.6 Å². The van der Waals surface area contributed by atoms with Crippen molar-refractivity contribution < 1.29 is 18.7 Å². The number of nitrogens with zero attached hydrogens (tertiary/aromatic N) is 1. The molecule has 0 unspecified atom stereocenters. The molecule has 0 fully saturated rings. The molecule has 3 aromatic rings. The summed E-state index contributed by atoms with van der Waals surface area (Å²) in [6.45, 7) is 9.30. The van der Waals surface area contributed by atoms with E-state index in [-0.39, 0.29) is 25.5 Å². The van der Waals surface area contributed by atoms with Crippen molar-refractivity contribution >= 4 is 11.8 Å². The second kappa shape index (κ2) is 11.8. The van der Waals surface area contributed by atoms with E-state index >= 15 is 0 Å². The van der Waals surface area contributed by atoms with Crippen LogP contribution in [0.3, 0.4) is 0 Å². The van der Waals surface area contributed by atoms with Crippen LogP contribution < -0.4 is 10.1 Å². The van der Waals surface area contributed by atoms with Crippen molar-refractivity contribution in [1.29, 1.82) is 0 Å². The minimum atomic E-state index is -0.859. The van der Waals surface area contributed by atoms with E-state index in [1.165, 1.54) is 11.0 Å². The van der Waals surface area contributed by atoms with Crippen molar-refractivity contribution in [3.63, 3.8) is 0 Å². The molecule has 5 nitrogen and oxygen atoms in total. The SMILES string of the molecule is Cc1ccc(OCC(=O)N(Cc2ccccc2F)[C@H](Cc2ccccc2)C(=O)NC(C)(C)C)cc1C. The van der Waals surface area contributed by atoms with Gasteiger partial charge in [-0.3, -0.25) is 9.59 Å². The maximum absolute atomic E-state index is 14.6. The second-order valence-electron chi connectivity index (χ2n) is 10.1. The van der Waals surface area contributed by atoms with Gasteiger partial charge in [0.1, 0.15) is 17.6 Å². The Labute approximate surface area is 213 Å². The fraction of sp³-hybridized carbons (Fsp3) is 0.333. The number of aryl methyl sites for hydroxylation is 2. The second-order valence-corrected chi connectivity index (χ2v) is 10.1. The fourth-order valence-corrected chi connectivity index (χ4v) is 3.85. The summed E-state index contributed by atoms with van der Waals surface area (Å²) in [7, 11) is 0. The molecule has 0 heterocycles. The number of carbonyl (C=O) groups excluding carboxylic acids is 2.